The van der Waals surface area contributed by atoms with Gasteiger partial charge in [0.15, 0.2) is 0 Å². The van der Waals surface area contributed by atoms with Crippen molar-refractivity contribution < 1.29 is 3.07 Å². The number of hydrogen-bond donors (Lipinski definition) is 0. The fourth-order valence-electron chi connectivity index (χ4n) is 1.72. The molecule has 0 aromatic heterocycles. The molecule has 0 unspecified atom stereocenters. The highest BCUT2D eigenvalue weighted by Crippen LogP contribution is 2.40. The van der Waals surface area contributed by atoms with Gasteiger partial charge in [-0.1, -0.05) is 26.7 Å². The fourth-order valence-corrected chi connectivity index (χ4v) is 2.67. The first kappa shape index (κ1) is 8.78. The Morgan fingerprint density at radius 1 is 1.30 bits per heavy atom. The van der Waals surface area contributed by atoms with E-state index in [0.717, 1.165) is 0 Å². The Morgan fingerprint density at radius 3 is 2.00 bits per heavy atom. The van der Waals surface area contributed by atoms with E-state index < -0.39 is 0 Å². The van der Waals surface area contributed by atoms with Gasteiger partial charge in [0.1, 0.15) is 23.0 Å². The van der Waals surface area contributed by atoms with Gasteiger partial charge < -0.3 is 3.07 Å². The van der Waals surface area contributed by atoms with Crippen LogP contribution in [0.4, 0.5) is 0 Å². The molecule has 0 aliphatic heterocycles. The normalized spacial score (nSPS) is 24.0. The van der Waals surface area contributed by atoms with E-state index in [4.69, 9.17) is 3.07 Å². The maximum Gasteiger partial charge on any atom is 0.110 e. The van der Waals surface area contributed by atoms with E-state index in [1.807, 2.05) is 0 Å². The third kappa shape index (κ3) is 1.47. The van der Waals surface area contributed by atoms with Crippen LogP contribution in [0.2, 0.25) is 0 Å². The summed E-state index contributed by atoms with van der Waals surface area (Å²) in [5.41, 5.74) is 0.223. The average Bonchev–Trinajstić information content (AvgIpc) is 2.35. The summed E-state index contributed by atoms with van der Waals surface area (Å²) in [4.78, 5) is 0. The van der Waals surface area contributed by atoms with Crippen LogP contribution in [0, 0.1) is 5.92 Å². The second-order valence-electron chi connectivity index (χ2n) is 3.50. The maximum atomic E-state index is 5.53. The lowest BCUT2D eigenvalue weighted by Crippen LogP contribution is -2.31. The molecule has 2 heteroatoms. The minimum Gasteiger partial charge on any atom is -0.309 e. The van der Waals surface area contributed by atoms with Crippen molar-refractivity contribution in [2.45, 2.75) is 45.1 Å². The Balaban J connectivity index is 2.58. The zero-order valence-electron chi connectivity index (χ0n) is 6.69. The molecular weight excluding hydrogens is 239 g/mol. The summed E-state index contributed by atoms with van der Waals surface area (Å²) in [6.45, 7) is 4.51. The molecule has 1 aliphatic rings. The molecule has 1 saturated carbocycles. The molecule has 1 aliphatic carbocycles. The summed E-state index contributed by atoms with van der Waals surface area (Å²) < 4.78 is 5.53. The van der Waals surface area contributed by atoms with Crippen molar-refractivity contribution in [2.75, 3.05) is 0 Å². The van der Waals surface area contributed by atoms with E-state index in [2.05, 4.69) is 36.9 Å². The molecule has 0 N–H and O–H groups in total. The topological polar surface area (TPSA) is 9.23 Å². The minimum absolute atomic E-state index is 0.223. The Labute approximate surface area is 77.2 Å². The van der Waals surface area contributed by atoms with Crippen molar-refractivity contribution in [2.24, 2.45) is 5.92 Å². The number of halogens is 1. The van der Waals surface area contributed by atoms with Gasteiger partial charge in [-0.3, -0.25) is 0 Å². The molecule has 0 heterocycles. The van der Waals surface area contributed by atoms with Gasteiger partial charge in [0.05, 0.1) is 5.60 Å². The Morgan fingerprint density at radius 2 is 1.80 bits per heavy atom. The van der Waals surface area contributed by atoms with Crippen LogP contribution < -0.4 is 0 Å². The van der Waals surface area contributed by atoms with Gasteiger partial charge in [-0.2, -0.15) is 0 Å². The highest BCUT2D eigenvalue weighted by molar-refractivity contribution is 14.1. The third-order valence-electron chi connectivity index (χ3n) is 2.66. The quantitative estimate of drug-likeness (QED) is 0.687. The summed E-state index contributed by atoms with van der Waals surface area (Å²) in [5.74, 6) is 0.673. The van der Waals surface area contributed by atoms with Gasteiger partial charge in [-0.05, 0) is 18.8 Å². The number of rotatable bonds is 2. The first-order valence-corrected chi connectivity index (χ1v) is 4.89. The summed E-state index contributed by atoms with van der Waals surface area (Å²) in [6, 6.07) is 0. The highest BCUT2D eigenvalue weighted by Gasteiger charge is 2.37. The van der Waals surface area contributed by atoms with Gasteiger partial charge in [-0.15, -0.1) is 0 Å². The fraction of sp³-hybridized carbons (Fsp3) is 1.00. The predicted octanol–water partition coefficient (Wildman–Crippen LogP) is 3.32. The lowest BCUT2D eigenvalue weighted by Gasteiger charge is -2.29. The molecule has 1 nitrogen and oxygen atoms in total. The van der Waals surface area contributed by atoms with Crippen molar-refractivity contribution in [1.82, 2.24) is 0 Å². The van der Waals surface area contributed by atoms with Crippen molar-refractivity contribution in [3.05, 3.63) is 0 Å². The lowest BCUT2D eigenvalue weighted by molar-refractivity contribution is 0.0769. The van der Waals surface area contributed by atoms with Crippen molar-refractivity contribution in [1.29, 1.82) is 0 Å². The van der Waals surface area contributed by atoms with Gasteiger partial charge in [0, 0.05) is 0 Å². The Kier molecular flexibility index (Phi) is 2.98. The number of hydrogen-bond acceptors (Lipinski definition) is 1. The van der Waals surface area contributed by atoms with Gasteiger partial charge in [0.25, 0.3) is 0 Å². The van der Waals surface area contributed by atoms with Crippen LogP contribution in [0.25, 0.3) is 0 Å². The van der Waals surface area contributed by atoms with E-state index in [0.29, 0.717) is 5.92 Å². The standard InChI is InChI=1S/C8H15IO/c1-7(2)8(10-9)5-3-4-6-8/h7H,3-6H2,1-2H3. The predicted molar refractivity (Wildman–Crippen MR) is 51.1 cm³/mol. The Hall–Kier alpha value is 0.690. The van der Waals surface area contributed by atoms with E-state index >= 15 is 0 Å². The van der Waals surface area contributed by atoms with E-state index in [-0.39, 0.29) is 5.60 Å². The Bertz CT molecular complexity index is 106. The molecule has 60 valence electrons. The molecule has 10 heavy (non-hydrogen) atoms. The second-order valence-corrected chi connectivity index (χ2v) is 3.94. The largest absolute Gasteiger partial charge is 0.309 e. The van der Waals surface area contributed by atoms with Crippen molar-refractivity contribution in [3.63, 3.8) is 0 Å². The zero-order valence-corrected chi connectivity index (χ0v) is 8.85. The molecule has 0 spiro atoms. The van der Waals surface area contributed by atoms with E-state index in [9.17, 15) is 0 Å². The maximum absolute atomic E-state index is 5.53. The summed E-state index contributed by atoms with van der Waals surface area (Å²) in [7, 11) is 0. The van der Waals surface area contributed by atoms with Crippen LogP contribution >= 0.6 is 23.0 Å². The molecule has 0 aromatic carbocycles. The van der Waals surface area contributed by atoms with Crippen LogP contribution in [-0.4, -0.2) is 5.60 Å². The minimum atomic E-state index is 0.223. The SMILES string of the molecule is CC(C)C1(OI)CCCC1. The monoisotopic (exact) mass is 254 g/mol. The van der Waals surface area contributed by atoms with Crippen LogP contribution in [0.15, 0.2) is 0 Å². The molecule has 0 atom stereocenters. The molecule has 1 rings (SSSR count). The van der Waals surface area contributed by atoms with Gasteiger partial charge in [0.2, 0.25) is 0 Å². The molecular formula is C8H15IO. The van der Waals surface area contributed by atoms with Crippen LogP contribution in [-0.2, 0) is 3.07 Å². The lowest BCUT2D eigenvalue weighted by atomic mass is 9.89. The first-order chi connectivity index (χ1) is 4.71. The van der Waals surface area contributed by atoms with E-state index in [1.165, 1.54) is 25.7 Å². The molecule has 0 amide bonds. The first-order valence-electron chi connectivity index (χ1n) is 4.01. The van der Waals surface area contributed by atoms with Crippen molar-refractivity contribution in [3.8, 4) is 0 Å². The van der Waals surface area contributed by atoms with Crippen molar-refractivity contribution >= 4 is 23.0 Å². The summed E-state index contributed by atoms with van der Waals surface area (Å²) in [5, 5.41) is 0. The third-order valence-corrected chi connectivity index (χ3v) is 3.53. The molecule has 0 radical (unpaired) electrons. The van der Waals surface area contributed by atoms with Gasteiger partial charge in [-0.25, -0.2) is 0 Å². The zero-order chi connectivity index (χ0) is 7.61. The van der Waals surface area contributed by atoms with Gasteiger partial charge >= 0.3 is 0 Å². The molecule has 0 aromatic rings. The van der Waals surface area contributed by atoms with Crippen LogP contribution in [0.1, 0.15) is 39.5 Å². The smallest absolute Gasteiger partial charge is 0.110 e. The second kappa shape index (κ2) is 3.39. The molecule has 0 saturated heterocycles. The van der Waals surface area contributed by atoms with Crippen LogP contribution in [0.5, 0.6) is 0 Å². The van der Waals surface area contributed by atoms with Crippen LogP contribution in [0.3, 0.4) is 0 Å². The van der Waals surface area contributed by atoms with E-state index in [1.54, 1.807) is 0 Å². The molecule has 0 bridgehead atoms. The molecule has 1 fully saturated rings. The summed E-state index contributed by atoms with van der Waals surface area (Å²) >= 11 is 2.06. The average molecular weight is 254 g/mol. The summed E-state index contributed by atoms with van der Waals surface area (Å²) in [6.07, 6.45) is 5.21. The highest BCUT2D eigenvalue weighted by atomic mass is 127.